The van der Waals surface area contributed by atoms with Crippen molar-refractivity contribution in [2.24, 2.45) is 5.10 Å². The van der Waals surface area contributed by atoms with Gasteiger partial charge < -0.3 is 9.47 Å². The largest absolute Gasteiger partial charge is 0.493 e. The lowest BCUT2D eigenvalue weighted by molar-refractivity contribution is 0.0611. The van der Waals surface area contributed by atoms with E-state index in [1.807, 2.05) is 63.2 Å². The van der Waals surface area contributed by atoms with Gasteiger partial charge in [0.1, 0.15) is 0 Å². The van der Waals surface area contributed by atoms with Gasteiger partial charge in [-0.15, -0.1) is 0 Å². The van der Waals surface area contributed by atoms with E-state index < -0.39 is 5.54 Å². The first kappa shape index (κ1) is 18.0. The van der Waals surface area contributed by atoms with Crippen LogP contribution in [0.3, 0.4) is 0 Å². The number of methoxy groups -OCH3 is 2. The molecule has 26 heavy (non-hydrogen) atoms. The van der Waals surface area contributed by atoms with Crippen LogP contribution in [0.5, 0.6) is 11.5 Å². The van der Waals surface area contributed by atoms with Gasteiger partial charge in [-0.2, -0.15) is 5.10 Å². The molecule has 1 amide bonds. The van der Waals surface area contributed by atoms with Crippen molar-refractivity contribution < 1.29 is 14.3 Å². The molecule has 1 heterocycles. The van der Waals surface area contributed by atoms with Crippen molar-refractivity contribution in [3.63, 3.8) is 0 Å². The lowest BCUT2D eigenvalue weighted by Crippen LogP contribution is -2.41. The van der Waals surface area contributed by atoms with Gasteiger partial charge in [0.15, 0.2) is 11.5 Å². The number of rotatable bonds is 4. The summed E-state index contributed by atoms with van der Waals surface area (Å²) in [6.07, 6.45) is 0.667. The van der Waals surface area contributed by atoms with Crippen molar-refractivity contribution in [2.45, 2.75) is 32.7 Å². The maximum Gasteiger partial charge on any atom is 0.274 e. The van der Waals surface area contributed by atoms with Crippen molar-refractivity contribution in [1.82, 2.24) is 5.01 Å². The first-order chi connectivity index (χ1) is 12.4. The van der Waals surface area contributed by atoms with E-state index >= 15 is 0 Å². The summed E-state index contributed by atoms with van der Waals surface area (Å²) in [6.45, 7) is 6.00. The molecule has 0 N–H and O–H groups in total. The molecule has 136 valence electrons. The van der Waals surface area contributed by atoms with Gasteiger partial charge in [-0.1, -0.05) is 18.2 Å². The molecule has 5 nitrogen and oxygen atoms in total. The number of carbonyl (C=O) groups is 1. The molecule has 1 aliphatic rings. The minimum atomic E-state index is -0.401. The fraction of sp³-hybridized carbons (Fsp3) is 0.333. The summed E-state index contributed by atoms with van der Waals surface area (Å²) in [6, 6.07) is 13.3. The summed E-state index contributed by atoms with van der Waals surface area (Å²) in [5.74, 6) is 1.24. The average molecular weight is 352 g/mol. The lowest BCUT2D eigenvalue weighted by Gasteiger charge is -2.29. The van der Waals surface area contributed by atoms with Gasteiger partial charge in [0, 0.05) is 17.5 Å². The zero-order valence-electron chi connectivity index (χ0n) is 15.9. The number of benzene rings is 2. The van der Waals surface area contributed by atoms with Crippen LogP contribution in [-0.2, 0) is 0 Å². The van der Waals surface area contributed by atoms with E-state index in [9.17, 15) is 4.79 Å². The van der Waals surface area contributed by atoms with Crippen molar-refractivity contribution >= 4 is 11.6 Å². The molecule has 1 aliphatic heterocycles. The number of aryl methyl sites for hydroxylation is 1. The number of amides is 1. The highest BCUT2D eigenvalue weighted by atomic mass is 16.5. The number of carbonyl (C=O) groups excluding carboxylic acids is 1. The Morgan fingerprint density at radius 3 is 2.42 bits per heavy atom. The Hall–Kier alpha value is -2.82. The van der Waals surface area contributed by atoms with Gasteiger partial charge in [0.2, 0.25) is 0 Å². The molecule has 0 radical (unpaired) electrons. The van der Waals surface area contributed by atoms with E-state index in [-0.39, 0.29) is 5.91 Å². The van der Waals surface area contributed by atoms with Gasteiger partial charge in [-0.25, -0.2) is 5.01 Å². The van der Waals surface area contributed by atoms with E-state index in [0.29, 0.717) is 23.5 Å². The van der Waals surface area contributed by atoms with Crippen LogP contribution in [0.1, 0.15) is 41.8 Å². The van der Waals surface area contributed by atoms with Gasteiger partial charge in [-0.05, 0) is 50.6 Å². The maximum atomic E-state index is 13.1. The summed E-state index contributed by atoms with van der Waals surface area (Å²) in [5.41, 5.74) is 3.01. The Balaban J connectivity index is 1.97. The highest BCUT2D eigenvalue weighted by Crippen LogP contribution is 2.34. The van der Waals surface area contributed by atoms with Crippen LogP contribution in [0, 0.1) is 6.92 Å². The smallest absolute Gasteiger partial charge is 0.274 e. The molecule has 0 fully saturated rings. The van der Waals surface area contributed by atoms with Crippen molar-refractivity contribution in [3.8, 4) is 11.5 Å². The third kappa shape index (κ3) is 3.17. The van der Waals surface area contributed by atoms with Crippen LogP contribution in [0.2, 0.25) is 0 Å². The normalized spacial score (nSPS) is 15.6. The van der Waals surface area contributed by atoms with E-state index in [2.05, 4.69) is 5.10 Å². The second-order valence-electron chi connectivity index (χ2n) is 7.04. The molecule has 0 saturated carbocycles. The lowest BCUT2D eigenvalue weighted by atomic mass is 9.94. The number of hydrazone groups is 1. The summed E-state index contributed by atoms with van der Waals surface area (Å²) in [4.78, 5) is 13.1. The van der Waals surface area contributed by atoms with Crippen molar-refractivity contribution in [3.05, 3.63) is 59.2 Å². The van der Waals surface area contributed by atoms with Gasteiger partial charge >= 0.3 is 0 Å². The first-order valence-electron chi connectivity index (χ1n) is 8.57. The maximum absolute atomic E-state index is 13.1. The van der Waals surface area contributed by atoms with E-state index in [1.165, 1.54) is 0 Å². The Morgan fingerprint density at radius 2 is 1.77 bits per heavy atom. The third-order valence-corrected chi connectivity index (χ3v) is 4.68. The predicted molar refractivity (Wildman–Crippen MR) is 102 cm³/mol. The second kappa shape index (κ2) is 6.83. The molecule has 0 saturated heterocycles. The zero-order chi connectivity index (χ0) is 18.9. The molecule has 3 rings (SSSR count). The number of ether oxygens (including phenoxy) is 2. The molecular weight excluding hydrogens is 328 g/mol. The minimum Gasteiger partial charge on any atom is -0.493 e. The summed E-state index contributed by atoms with van der Waals surface area (Å²) >= 11 is 0. The number of nitrogens with zero attached hydrogens (tertiary/aromatic N) is 2. The monoisotopic (exact) mass is 352 g/mol. The molecule has 0 unspecified atom stereocenters. The molecule has 0 aliphatic carbocycles. The highest BCUT2D eigenvalue weighted by molar-refractivity contribution is 6.06. The number of hydrogen-bond donors (Lipinski definition) is 0. The first-order valence-corrected chi connectivity index (χ1v) is 8.57. The van der Waals surface area contributed by atoms with E-state index in [0.717, 1.165) is 16.8 Å². The molecule has 0 bridgehead atoms. The van der Waals surface area contributed by atoms with Gasteiger partial charge in [0.25, 0.3) is 5.91 Å². The second-order valence-corrected chi connectivity index (χ2v) is 7.04. The van der Waals surface area contributed by atoms with E-state index in [4.69, 9.17) is 9.47 Å². The van der Waals surface area contributed by atoms with Crippen molar-refractivity contribution in [2.75, 3.05) is 14.2 Å². The van der Waals surface area contributed by atoms with Crippen LogP contribution < -0.4 is 9.47 Å². The SMILES string of the molecule is COc1ccc(C2=NN(C(=O)c3ccccc3C)C(C)(C)C2)cc1OC. The van der Waals surface area contributed by atoms with E-state index in [1.54, 1.807) is 19.2 Å². The summed E-state index contributed by atoms with van der Waals surface area (Å²) < 4.78 is 10.7. The van der Waals surface area contributed by atoms with Gasteiger partial charge in [-0.3, -0.25) is 4.79 Å². The van der Waals surface area contributed by atoms with Gasteiger partial charge in [0.05, 0.1) is 25.5 Å². The summed E-state index contributed by atoms with van der Waals surface area (Å²) in [7, 11) is 3.21. The predicted octanol–water partition coefficient (Wildman–Crippen LogP) is 4.04. The standard InChI is InChI=1S/C21H24N2O3/c1-14-8-6-7-9-16(14)20(24)23-21(2,3)13-17(22-23)15-10-11-18(25-4)19(12-15)26-5/h6-12H,13H2,1-5H3. The van der Waals surface area contributed by atoms with Crippen LogP contribution in [-0.4, -0.2) is 36.4 Å². The zero-order valence-corrected chi connectivity index (χ0v) is 15.9. The Bertz CT molecular complexity index is 871. The molecule has 0 atom stereocenters. The molecule has 0 aromatic heterocycles. The fourth-order valence-corrected chi connectivity index (χ4v) is 3.20. The van der Waals surface area contributed by atoms with Crippen molar-refractivity contribution in [1.29, 1.82) is 0 Å². The molecule has 2 aromatic rings. The summed E-state index contributed by atoms with van der Waals surface area (Å²) in [5, 5.41) is 6.26. The van der Waals surface area contributed by atoms with Crippen LogP contribution in [0.4, 0.5) is 0 Å². The number of hydrogen-bond acceptors (Lipinski definition) is 4. The topological polar surface area (TPSA) is 51.1 Å². The Labute approximate surface area is 154 Å². The minimum absolute atomic E-state index is 0.0800. The Kier molecular flexibility index (Phi) is 4.72. The highest BCUT2D eigenvalue weighted by Gasteiger charge is 2.39. The average Bonchev–Trinajstić information content (AvgIpc) is 2.96. The van der Waals surface area contributed by atoms with Crippen LogP contribution in [0.25, 0.3) is 0 Å². The van der Waals surface area contributed by atoms with Crippen LogP contribution in [0.15, 0.2) is 47.6 Å². The Morgan fingerprint density at radius 1 is 1.08 bits per heavy atom. The fourth-order valence-electron chi connectivity index (χ4n) is 3.20. The molecular formula is C21H24N2O3. The quantitative estimate of drug-likeness (QED) is 0.834. The van der Waals surface area contributed by atoms with Crippen LogP contribution >= 0.6 is 0 Å². The molecule has 5 heteroatoms. The molecule has 2 aromatic carbocycles. The molecule has 0 spiro atoms. The third-order valence-electron chi connectivity index (χ3n) is 4.68.